The Bertz CT molecular complexity index is 1310. The molecule has 9 nitrogen and oxygen atoms in total. The topological polar surface area (TPSA) is 119 Å². The average Bonchev–Trinajstić information content (AvgIpc) is 3.35. The van der Waals surface area contributed by atoms with E-state index in [1.807, 2.05) is 13.8 Å². The van der Waals surface area contributed by atoms with Crippen LogP contribution in [0.1, 0.15) is 46.4 Å². The maximum Gasteiger partial charge on any atom is 0.350 e. The summed E-state index contributed by atoms with van der Waals surface area (Å²) in [6.07, 6.45) is 3.05. The molecule has 0 bridgehead atoms. The summed E-state index contributed by atoms with van der Waals surface area (Å²) < 4.78 is 10.4. The smallest absolute Gasteiger partial charge is 0.350 e. The first-order valence-corrected chi connectivity index (χ1v) is 11.6. The number of aryl methyl sites for hydroxylation is 1. The number of anilines is 1. The van der Waals surface area contributed by atoms with Crippen molar-refractivity contribution in [1.82, 2.24) is 9.97 Å². The highest BCUT2D eigenvalue weighted by molar-refractivity contribution is 7.17. The van der Waals surface area contributed by atoms with Crippen LogP contribution in [0.5, 0.6) is 5.75 Å². The Morgan fingerprint density at radius 1 is 1.17 bits per heavy atom. The third kappa shape index (κ3) is 4.52. The number of ketones is 1. The molecule has 1 aromatic carbocycles. The average molecular weight is 494 g/mol. The van der Waals surface area contributed by atoms with Crippen molar-refractivity contribution in [3.63, 3.8) is 0 Å². The van der Waals surface area contributed by atoms with E-state index in [-0.39, 0.29) is 27.4 Å². The first kappa shape index (κ1) is 24.1. The standard InChI is InChI=1S/C25H23N3O6S/c1-13(2)34-17-9-7-15(8-10-17)20(29)18-19(16-6-5-11-26-12-16)28(23(31)21(18)30)25-27-14(3)22(35-25)24(32)33-4/h5-13,19,29H,1-4H3/b20-18-. The van der Waals surface area contributed by atoms with Crippen molar-refractivity contribution < 1.29 is 29.0 Å². The van der Waals surface area contributed by atoms with Crippen LogP contribution in [0.15, 0.2) is 54.4 Å². The lowest BCUT2D eigenvalue weighted by Crippen LogP contribution is -2.29. The SMILES string of the molecule is COC(=O)c1sc(N2C(=O)C(=O)/C(=C(\O)c3ccc(OC(C)C)cc3)C2c2cccnc2)nc1C. The van der Waals surface area contributed by atoms with E-state index in [0.29, 0.717) is 22.6 Å². The number of methoxy groups -OCH3 is 1. The second-order valence-corrected chi connectivity index (χ2v) is 9.03. The van der Waals surface area contributed by atoms with Crippen molar-refractivity contribution >= 4 is 39.9 Å². The Hall–Kier alpha value is -4.05. The summed E-state index contributed by atoms with van der Waals surface area (Å²) in [7, 11) is 1.25. The minimum absolute atomic E-state index is 0.0259. The fourth-order valence-electron chi connectivity index (χ4n) is 3.77. The zero-order chi connectivity index (χ0) is 25.3. The first-order valence-electron chi connectivity index (χ1n) is 10.8. The molecular formula is C25H23N3O6S. The van der Waals surface area contributed by atoms with E-state index >= 15 is 0 Å². The van der Waals surface area contributed by atoms with Gasteiger partial charge in [-0.1, -0.05) is 17.4 Å². The van der Waals surface area contributed by atoms with Gasteiger partial charge in [0.05, 0.1) is 30.5 Å². The summed E-state index contributed by atoms with van der Waals surface area (Å²) in [4.78, 5) is 48.4. The number of aliphatic hydroxyl groups is 1. The molecule has 3 heterocycles. The van der Waals surface area contributed by atoms with E-state index in [1.54, 1.807) is 49.5 Å². The Kier molecular flexibility index (Phi) is 6.65. The minimum Gasteiger partial charge on any atom is -0.507 e. The lowest BCUT2D eigenvalue weighted by Gasteiger charge is -2.22. The summed E-state index contributed by atoms with van der Waals surface area (Å²) in [6.45, 7) is 5.41. The second-order valence-electron chi connectivity index (χ2n) is 8.05. The molecule has 1 N–H and O–H groups in total. The Morgan fingerprint density at radius 3 is 2.49 bits per heavy atom. The Morgan fingerprint density at radius 2 is 1.89 bits per heavy atom. The normalized spacial score (nSPS) is 17.2. The zero-order valence-electron chi connectivity index (χ0n) is 19.5. The molecule has 1 aliphatic heterocycles. The summed E-state index contributed by atoms with van der Waals surface area (Å²) in [5, 5.41) is 11.3. The van der Waals surface area contributed by atoms with Crippen molar-refractivity contribution in [3.05, 3.63) is 76.1 Å². The van der Waals surface area contributed by atoms with Crippen molar-refractivity contribution in [2.75, 3.05) is 12.0 Å². The van der Waals surface area contributed by atoms with Crippen LogP contribution >= 0.6 is 11.3 Å². The van der Waals surface area contributed by atoms with E-state index in [4.69, 9.17) is 9.47 Å². The van der Waals surface area contributed by atoms with Gasteiger partial charge in [-0.25, -0.2) is 9.78 Å². The number of Topliss-reactive ketones (excluding diaryl/α,β-unsaturated/α-hetero) is 1. The fourth-order valence-corrected chi connectivity index (χ4v) is 4.78. The number of hydrogen-bond donors (Lipinski definition) is 1. The van der Waals surface area contributed by atoms with Crippen LogP contribution in [-0.4, -0.2) is 45.9 Å². The van der Waals surface area contributed by atoms with Gasteiger partial charge in [-0.3, -0.25) is 19.5 Å². The number of nitrogens with zero attached hydrogens (tertiary/aromatic N) is 3. The number of carbonyl (C=O) groups is 3. The fraction of sp³-hybridized carbons (Fsp3) is 0.240. The summed E-state index contributed by atoms with van der Waals surface area (Å²) in [5.41, 5.74) is 1.11. The molecule has 35 heavy (non-hydrogen) atoms. The molecule has 0 saturated carbocycles. The van der Waals surface area contributed by atoms with Gasteiger partial charge in [0.15, 0.2) is 5.13 Å². The van der Waals surface area contributed by atoms with E-state index in [0.717, 1.165) is 11.3 Å². The predicted molar refractivity (Wildman–Crippen MR) is 129 cm³/mol. The van der Waals surface area contributed by atoms with Crippen LogP contribution in [0.25, 0.3) is 5.76 Å². The zero-order valence-corrected chi connectivity index (χ0v) is 20.3. The summed E-state index contributed by atoms with van der Waals surface area (Å²) in [5.74, 6) is -2.06. The highest BCUT2D eigenvalue weighted by Gasteiger charge is 2.48. The maximum atomic E-state index is 13.2. The number of thiazole rings is 1. The third-order valence-corrected chi connectivity index (χ3v) is 6.44. The number of amides is 1. The highest BCUT2D eigenvalue weighted by Crippen LogP contribution is 2.43. The third-order valence-electron chi connectivity index (χ3n) is 5.31. The molecule has 2 aromatic heterocycles. The number of esters is 1. The number of aromatic nitrogens is 2. The number of hydrogen-bond acceptors (Lipinski definition) is 9. The lowest BCUT2D eigenvalue weighted by atomic mass is 9.96. The molecule has 1 aliphatic rings. The van der Waals surface area contributed by atoms with Crippen molar-refractivity contribution in [3.8, 4) is 5.75 Å². The van der Waals surface area contributed by atoms with Gasteiger partial charge in [0.25, 0.3) is 5.78 Å². The van der Waals surface area contributed by atoms with E-state index < -0.39 is 23.7 Å². The van der Waals surface area contributed by atoms with Gasteiger partial charge in [0, 0.05) is 18.0 Å². The molecular weight excluding hydrogens is 470 g/mol. The molecule has 1 unspecified atom stereocenters. The van der Waals surface area contributed by atoms with Gasteiger partial charge in [0.2, 0.25) is 0 Å². The number of rotatable bonds is 6. The van der Waals surface area contributed by atoms with Gasteiger partial charge < -0.3 is 14.6 Å². The number of pyridine rings is 1. The number of aliphatic hydroxyl groups excluding tert-OH is 1. The number of ether oxygens (including phenoxy) is 2. The lowest BCUT2D eigenvalue weighted by molar-refractivity contribution is -0.132. The molecule has 0 radical (unpaired) electrons. The second kappa shape index (κ2) is 9.67. The summed E-state index contributed by atoms with van der Waals surface area (Å²) in [6, 6.07) is 8.96. The predicted octanol–water partition coefficient (Wildman–Crippen LogP) is 4.05. The summed E-state index contributed by atoms with van der Waals surface area (Å²) >= 11 is 0.937. The molecule has 4 rings (SSSR count). The van der Waals surface area contributed by atoms with Crippen LogP contribution in [0.3, 0.4) is 0 Å². The minimum atomic E-state index is -0.994. The van der Waals surface area contributed by atoms with Crippen LogP contribution in [0.2, 0.25) is 0 Å². The van der Waals surface area contributed by atoms with Crippen molar-refractivity contribution in [2.45, 2.75) is 32.9 Å². The van der Waals surface area contributed by atoms with Gasteiger partial charge in [-0.15, -0.1) is 0 Å². The molecule has 180 valence electrons. The van der Waals surface area contributed by atoms with Crippen LogP contribution < -0.4 is 9.64 Å². The highest BCUT2D eigenvalue weighted by atomic mass is 32.1. The molecule has 1 fully saturated rings. The molecule has 1 amide bonds. The molecule has 0 aliphatic carbocycles. The number of benzene rings is 1. The van der Waals surface area contributed by atoms with Gasteiger partial charge >= 0.3 is 11.9 Å². The van der Waals surface area contributed by atoms with Gasteiger partial charge in [0.1, 0.15) is 16.4 Å². The Balaban J connectivity index is 1.85. The molecule has 10 heteroatoms. The number of carbonyl (C=O) groups excluding carboxylic acids is 3. The monoisotopic (exact) mass is 493 g/mol. The molecule has 0 spiro atoms. The largest absolute Gasteiger partial charge is 0.507 e. The maximum absolute atomic E-state index is 13.2. The van der Waals surface area contributed by atoms with Gasteiger partial charge in [-0.05, 0) is 56.7 Å². The van der Waals surface area contributed by atoms with Crippen LogP contribution in [0, 0.1) is 6.92 Å². The Labute approximate surface area is 205 Å². The van der Waals surface area contributed by atoms with Gasteiger partial charge in [-0.2, -0.15) is 0 Å². The van der Waals surface area contributed by atoms with E-state index in [2.05, 4.69) is 9.97 Å². The van der Waals surface area contributed by atoms with Crippen molar-refractivity contribution in [1.29, 1.82) is 0 Å². The quantitative estimate of drug-likeness (QED) is 0.236. The van der Waals surface area contributed by atoms with E-state index in [9.17, 15) is 19.5 Å². The van der Waals surface area contributed by atoms with E-state index in [1.165, 1.54) is 18.2 Å². The first-order chi connectivity index (χ1) is 16.7. The van der Waals surface area contributed by atoms with Crippen LogP contribution in [0.4, 0.5) is 5.13 Å². The molecule has 1 saturated heterocycles. The van der Waals surface area contributed by atoms with Crippen LogP contribution in [-0.2, 0) is 14.3 Å². The molecule has 3 aromatic rings. The van der Waals surface area contributed by atoms with Crippen molar-refractivity contribution in [2.24, 2.45) is 0 Å². The molecule has 1 atom stereocenters.